The molecule has 0 spiro atoms. The van der Waals surface area contributed by atoms with Crippen LogP contribution in [0.1, 0.15) is 23.0 Å². The summed E-state index contributed by atoms with van der Waals surface area (Å²) in [5.41, 5.74) is 1.19. The van der Waals surface area contributed by atoms with Crippen molar-refractivity contribution in [3.8, 4) is 23.0 Å². The van der Waals surface area contributed by atoms with Crippen molar-refractivity contribution in [2.45, 2.75) is 6.92 Å². The van der Waals surface area contributed by atoms with Crippen molar-refractivity contribution in [3.05, 3.63) is 53.8 Å². The van der Waals surface area contributed by atoms with E-state index in [9.17, 15) is 9.90 Å². The van der Waals surface area contributed by atoms with Crippen LogP contribution < -0.4 is 14.2 Å². The number of aromatic hydroxyl groups is 1. The molecule has 6 nitrogen and oxygen atoms in total. The minimum Gasteiger partial charge on any atom is -0.502 e. The van der Waals surface area contributed by atoms with Gasteiger partial charge in [-0.2, -0.15) is 0 Å². The summed E-state index contributed by atoms with van der Waals surface area (Å²) in [4.78, 5) is 12.5. The summed E-state index contributed by atoms with van der Waals surface area (Å²) in [5.74, 6) is 0.944. The molecule has 6 heteroatoms. The fourth-order valence-electron chi connectivity index (χ4n) is 2.69. The molecule has 27 heavy (non-hydrogen) atoms. The maximum Gasteiger partial charge on any atom is 0.221 e. The topological polar surface area (TPSA) is 78.1 Å². The second-order valence-corrected chi connectivity index (χ2v) is 5.69. The molecule has 0 aliphatic rings. The summed E-state index contributed by atoms with van der Waals surface area (Å²) >= 11 is 0. The Kier molecular flexibility index (Phi) is 5.35. The molecule has 2 aromatic carbocycles. The van der Waals surface area contributed by atoms with Gasteiger partial charge in [0.2, 0.25) is 11.5 Å². The number of carbonyl (C=O) groups excluding carboxylic acids is 1. The fourth-order valence-corrected chi connectivity index (χ4v) is 2.69. The van der Waals surface area contributed by atoms with E-state index >= 15 is 0 Å². The predicted molar refractivity (Wildman–Crippen MR) is 102 cm³/mol. The summed E-state index contributed by atoms with van der Waals surface area (Å²) in [5, 5.41) is 10.7. The molecule has 3 rings (SSSR count). The van der Waals surface area contributed by atoms with Crippen molar-refractivity contribution >= 4 is 22.8 Å². The number of hydrogen-bond acceptors (Lipinski definition) is 6. The molecule has 140 valence electrons. The Morgan fingerprint density at radius 1 is 1.11 bits per heavy atom. The number of methoxy groups -OCH3 is 2. The van der Waals surface area contributed by atoms with Gasteiger partial charge < -0.3 is 23.7 Å². The molecule has 1 heterocycles. The van der Waals surface area contributed by atoms with Gasteiger partial charge in [0.15, 0.2) is 28.6 Å². The number of benzene rings is 2. The highest BCUT2D eigenvalue weighted by molar-refractivity contribution is 6.07. The Balaban J connectivity index is 1.89. The van der Waals surface area contributed by atoms with Crippen LogP contribution in [-0.4, -0.2) is 31.7 Å². The van der Waals surface area contributed by atoms with Crippen LogP contribution in [0.4, 0.5) is 0 Å². The SMILES string of the molecule is CCOc1cccc2cc(C(=O)/C=C/c3cc(OC)c(O)c(OC)c3)oc12. The van der Waals surface area contributed by atoms with Crippen LogP contribution in [0.2, 0.25) is 0 Å². The van der Waals surface area contributed by atoms with E-state index in [1.165, 1.54) is 20.3 Å². The van der Waals surface area contributed by atoms with Crippen LogP contribution in [0, 0.1) is 0 Å². The van der Waals surface area contributed by atoms with Gasteiger partial charge in [-0.25, -0.2) is 0 Å². The van der Waals surface area contributed by atoms with Crippen LogP contribution >= 0.6 is 0 Å². The Hall–Kier alpha value is -3.41. The van der Waals surface area contributed by atoms with Crippen molar-refractivity contribution in [1.82, 2.24) is 0 Å². The van der Waals surface area contributed by atoms with Crippen molar-refractivity contribution in [2.75, 3.05) is 20.8 Å². The molecular weight excluding hydrogens is 348 g/mol. The molecule has 0 aliphatic heterocycles. The molecule has 0 fully saturated rings. The number of phenols is 1. The molecular formula is C21H20O6. The zero-order chi connectivity index (χ0) is 19.4. The van der Waals surface area contributed by atoms with Gasteiger partial charge >= 0.3 is 0 Å². The smallest absolute Gasteiger partial charge is 0.221 e. The number of para-hydroxylation sites is 1. The Morgan fingerprint density at radius 3 is 2.44 bits per heavy atom. The molecule has 0 aliphatic carbocycles. The first-order valence-electron chi connectivity index (χ1n) is 8.40. The molecule has 0 radical (unpaired) electrons. The second kappa shape index (κ2) is 7.86. The lowest BCUT2D eigenvalue weighted by atomic mass is 10.1. The monoisotopic (exact) mass is 368 g/mol. The van der Waals surface area contributed by atoms with Gasteiger partial charge in [0.25, 0.3) is 0 Å². The van der Waals surface area contributed by atoms with Gasteiger partial charge in [-0.15, -0.1) is 0 Å². The van der Waals surface area contributed by atoms with Crippen LogP contribution in [0.25, 0.3) is 17.0 Å². The van der Waals surface area contributed by atoms with E-state index in [-0.39, 0.29) is 28.8 Å². The van der Waals surface area contributed by atoms with E-state index < -0.39 is 0 Å². The highest BCUT2D eigenvalue weighted by Gasteiger charge is 2.14. The molecule has 1 aromatic heterocycles. The predicted octanol–water partition coefficient (Wildman–Crippen LogP) is 4.45. The zero-order valence-corrected chi connectivity index (χ0v) is 15.3. The lowest BCUT2D eigenvalue weighted by molar-refractivity contribution is 0.102. The van der Waals surface area contributed by atoms with E-state index in [1.54, 1.807) is 30.3 Å². The summed E-state index contributed by atoms with van der Waals surface area (Å²) in [6.07, 6.45) is 2.99. The standard InChI is InChI=1S/C21H20O6/c1-4-26-16-7-5-6-14-12-17(27-21(14)16)15(22)9-8-13-10-18(24-2)20(23)19(11-13)25-3/h5-12,23H,4H2,1-3H3/b9-8+. The molecule has 0 saturated carbocycles. The van der Waals surface area contributed by atoms with Crippen LogP contribution in [0.3, 0.4) is 0 Å². The second-order valence-electron chi connectivity index (χ2n) is 5.69. The highest BCUT2D eigenvalue weighted by Crippen LogP contribution is 2.37. The number of carbonyl (C=O) groups is 1. The summed E-state index contributed by atoms with van der Waals surface area (Å²) in [6, 6.07) is 10.4. The minimum absolute atomic E-state index is 0.0933. The van der Waals surface area contributed by atoms with Crippen molar-refractivity contribution in [2.24, 2.45) is 0 Å². The highest BCUT2D eigenvalue weighted by atomic mass is 16.5. The number of phenolic OH excluding ortho intramolecular Hbond substituents is 1. The first-order chi connectivity index (χ1) is 13.1. The molecule has 0 atom stereocenters. The first kappa shape index (κ1) is 18.4. The zero-order valence-electron chi connectivity index (χ0n) is 15.3. The third-order valence-corrected chi connectivity index (χ3v) is 3.98. The average Bonchev–Trinajstić information content (AvgIpc) is 3.12. The van der Waals surface area contributed by atoms with E-state index in [1.807, 2.05) is 19.1 Å². The lowest BCUT2D eigenvalue weighted by Gasteiger charge is -2.09. The minimum atomic E-state index is -0.292. The van der Waals surface area contributed by atoms with Gasteiger partial charge in [-0.3, -0.25) is 4.79 Å². The van der Waals surface area contributed by atoms with Gasteiger partial charge in [0, 0.05) is 5.39 Å². The summed E-state index contributed by atoms with van der Waals surface area (Å²) < 4.78 is 21.5. The maximum absolute atomic E-state index is 12.5. The van der Waals surface area contributed by atoms with E-state index in [2.05, 4.69) is 0 Å². The number of rotatable bonds is 7. The van der Waals surface area contributed by atoms with Gasteiger partial charge in [0.05, 0.1) is 20.8 Å². The van der Waals surface area contributed by atoms with Crippen LogP contribution in [0.15, 0.2) is 46.9 Å². The summed E-state index contributed by atoms with van der Waals surface area (Å²) in [6.45, 7) is 2.39. The van der Waals surface area contributed by atoms with Crippen molar-refractivity contribution in [3.63, 3.8) is 0 Å². The molecule has 0 bridgehead atoms. The van der Waals surface area contributed by atoms with Crippen LogP contribution in [0.5, 0.6) is 23.0 Å². The van der Waals surface area contributed by atoms with E-state index in [0.717, 1.165) is 5.39 Å². The summed E-state index contributed by atoms with van der Waals surface area (Å²) in [7, 11) is 2.88. The third-order valence-electron chi connectivity index (χ3n) is 3.98. The molecule has 0 amide bonds. The number of ketones is 1. The first-order valence-corrected chi connectivity index (χ1v) is 8.40. The Morgan fingerprint density at radius 2 is 1.81 bits per heavy atom. The lowest BCUT2D eigenvalue weighted by Crippen LogP contribution is -1.92. The fraction of sp³-hybridized carbons (Fsp3) is 0.190. The van der Waals surface area contributed by atoms with Gasteiger partial charge in [-0.1, -0.05) is 18.2 Å². The van der Waals surface area contributed by atoms with Crippen LogP contribution in [-0.2, 0) is 0 Å². The van der Waals surface area contributed by atoms with Gasteiger partial charge in [0.1, 0.15) is 0 Å². The number of hydrogen-bond donors (Lipinski definition) is 1. The van der Waals surface area contributed by atoms with Crippen molar-refractivity contribution < 1.29 is 28.5 Å². The number of furan rings is 1. The van der Waals surface area contributed by atoms with E-state index in [0.29, 0.717) is 23.5 Å². The largest absolute Gasteiger partial charge is 0.502 e. The quantitative estimate of drug-likeness (QED) is 0.490. The number of fused-ring (bicyclic) bond motifs is 1. The molecule has 0 saturated heterocycles. The Labute approximate surface area is 156 Å². The molecule has 1 N–H and O–H groups in total. The number of allylic oxidation sites excluding steroid dienone is 1. The molecule has 0 unspecified atom stereocenters. The normalized spacial score (nSPS) is 11.1. The Bertz CT molecular complexity index is 974. The average molecular weight is 368 g/mol. The number of ether oxygens (including phenoxy) is 3. The molecule has 3 aromatic rings. The third kappa shape index (κ3) is 3.74. The van der Waals surface area contributed by atoms with Gasteiger partial charge in [-0.05, 0) is 42.8 Å². The van der Waals surface area contributed by atoms with E-state index in [4.69, 9.17) is 18.6 Å². The van der Waals surface area contributed by atoms with Crippen molar-refractivity contribution in [1.29, 1.82) is 0 Å². The maximum atomic E-state index is 12.5.